The standard InChI is InChI=1S/C51H98O6/c1-4-7-10-13-15-17-19-21-23-25-26-28-29-31-33-35-38-41-44-50(53)56-47-48(46-55-49(52)43-40-37-12-9-6-3)57-51(54)45-42-39-36-34-32-30-27-24-22-20-18-16-14-11-8-5-2/h48H,4-47H2,1-3H3. The first-order valence-electron chi connectivity index (χ1n) is 25.5. The lowest BCUT2D eigenvalue weighted by Crippen LogP contribution is -2.30. The van der Waals surface area contributed by atoms with E-state index in [2.05, 4.69) is 20.8 Å². The molecule has 0 bridgehead atoms. The van der Waals surface area contributed by atoms with Crippen LogP contribution in [0.3, 0.4) is 0 Å². The zero-order valence-electron chi connectivity index (χ0n) is 38.6. The molecule has 0 aliphatic heterocycles. The minimum atomic E-state index is -0.758. The van der Waals surface area contributed by atoms with E-state index in [0.717, 1.165) is 64.2 Å². The zero-order chi connectivity index (χ0) is 41.5. The first-order chi connectivity index (χ1) is 28.0. The predicted octanol–water partition coefficient (Wildman–Crippen LogP) is 16.4. The summed E-state index contributed by atoms with van der Waals surface area (Å²) in [5, 5.41) is 0. The summed E-state index contributed by atoms with van der Waals surface area (Å²) in [5.41, 5.74) is 0. The predicted molar refractivity (Wildman–Crippen MR) is 243 cm³/mol. The summed E-state index contributed by atoms with van der Waals surface area (Å²) in [7, 11) is 0. The van der Waals surface area contributed by atoms with Crippen molar-refractivity contribution < 1.29 is 28.6 Å². The summed E-state index contributed by atoms with van der Waals surface area (Å²) in [4.78, 5) is 37.6. The molecule has 0 spiro atoms. The van der Waals surface area contributed by atoms with Crippen LogP contribution in [0, 0.1) is 0 Å². The molecular formula is C51H98O6. The van der Waals surface area contributed by atoms with Gasteiger partial charge in [0.25, 0.3) is 0 Å². The molecule has 0 aromatic carbocycles. The molecule has 0 saturated carbocycles. The van der Waals surface area contributed by atoms with Crippen LogP contribution in [-0.2, 0) is 28.6 Å². The normalized spacial score (nSPS) is 11.8. The van der Waals surface area contributed by atoms with Crippen LogP contribution < -0.4 is 0 Å². The second kappa shape index (κ2) is 47.1. The van der Waals surface area contributed by atoms with Gasteiger partial charge in [-0.1, -0.05) is 252 Å². The van der Waals surface area contributed by atoms with Crippen molar-refractivity contribution in [1.82, 2.24) is 0 Å². The van der Waals surface area contributed by atoms with E-state index in [-0.39, 0.29) is 31.1 Å². The van der Waals surface area contributed by atoms with Crippen molar-refractivity contribution >= 4 is 17.9 Å². The number of ether oxygens (including phenoxy) is 3. The SMILES string of the molecule is CCCCCCCCCCCCCCCCCCCCC(=O)OCC(COC(=O)CCCCCCC)OC(=O)CCCCCCCCCCCCCCCCCC. The summed E-state index contributed by atoms with van der Waals surface area (Å²) in [6.07, 6.45) is 49.8. The first-order valence-corrected chi connectivity index (χ1v) is 25.5. The highest BCUT2D eigenvalue weighted by Gasteiger charge is 2.19. The van der Waals surface area contributed by atoms with Gasteiger partial charge in [-0.25, -0.2) is 0 Å². The van der Waals surface area contributed by atoms with Crippen LogP contribution in [0.1, 0.15) is 290 Å². The fourth-order valence-corrected chi connectivity index (χ4v) is 7.74. The largest absolute Gasteiger partial charge is 0.462 e. The van der Waals surface area contributed by atoms with Gasteiger partial charge in [0, 0.05) is 19.3 Å². The highest BCUT2D eigenvalue weighted by atomic mass is 16.6. The Morgan fingerprint density at radius 2 is 0.474 bits per heavy atom. The van der Waals surface area contributed by atoms with Gasteiger partial charge in [-0.15, -0.1) is 0 Å². The minimum absolute atomic E-state index is 0.0631. The number of esters is 3. The fraction of sp³-hybridized carbons (Fsp3) is 0.941. The fourth-order valence-electron chi connectivity index (χ4n) is 7.74. The third-order valence-corrected chi connectivity index (χ3v) is 11.6. The summed E-state index contributed by atoms with van der Waals surface area (Å²) in [6, 6.07) is 0. The van der Waals surface area contributed by atoms with Crippen LogP contribution in [0.25, 0.3) is 0 Å². The number of carbonyl (C=O) groups excluding carboxylic acids is 3. The Bertz CT molecular complexity index is 844. The molecule has 0 radical (unpaired) electrons. The van der Waals surface area contributed by atoms with Crippen molar-refractivity contribution in [2.45, 2.75) is 297 Å². The van der Waals surface area contributed by atoms with Crippen LogP contribution in [0.15, 0.2) is 0 Å². The van der Waals surface area contributed by atoms with E-state index >= 15 is 0 Å². The number of hydrogen-bond donors (Lipinski definition) is 0. The maximum absolute atomic E-state index is 12.7. The molecule has 57 heavy (non-hydrogen) atoms. The van der Waals surface area contributed by atoms with Gasteiger partial charge < -0.3 is 14.2 Å². The van der Waals surface area contributed by atoms with E-state index in [1.807, 2.05) is 0 Å². The summed E-state index contributed by atoms with van der Waals surface area (Å²) in [5.74, 6) is -0.858. The number of hydrogen-bond acceptors (Lipinski definition) is 6. The minimum Gasteiger partial charge on any atom is -0.462 e. The van der Waals surface area contributed by atoms with Crippen molar-refractivity contribution in [2.24, 2.45) is 0 Å². The quantitative estimate of drug-likeness (QED) is 0.0346. The van der Waals surface area contributed by atoms with Crippen molar-refractivity contribution in [2.75, 3.05) is 13.2 Å². The molecule has 0 aliphatic rings. The van der Waals surface area contributed by atoms with E-state index in [1.165, 1.54) is 186 Å². The topological polar surface area (TPSA) is 78.9 Å². The van der Waals surface area contributed by atoms with E-state index in [9.17, 15) is 14.4 Å². The number of unbranched alkanes of at least 4 members (excludes halogenated alkanes) is 36. The molecule has 6 heteroatoms. The highest BCUT2D eigenvalue weighted by Crippen LogP contribution is 2.17. The Labute approximate surface area is 355 Å². The number of carbonyl (C=O) groups is 3. The Morgan fingerprint density at radius 1 is 0.281 bits per heavy atom. The summed E-state index contributed by atoms with van der Waals surface area (Å²) in [6.45, 7) is 6.60. The zero-order valence-corrected chi connectivity index (χ0v) is 38.6. The van der Waals surface area contributed by atoms with Gasteiger partial charge in [-0.3, -0.25) is 14.4 Å². The Balaban J connectivity index is 4.10. The van der Waals surface area contributed by atoms with Crippen molar-refractivity contribution in [3.63, 3.8) is 0 Å². The van der Waals surface area contributed by atoms with Crippen molar-refractivity contribution in [1.29, 1.82) is 0 Å². The monoisotopic (exact) mass is 807 g/mol. The molecule has 1 atom stereocenters. The van der Waals surface area contributed by atoms with Gasteiger partial charge >= 0.3 is 17.9 Å². The van der Waals surface area contributed by atoms with E-state index in [1.54, 1.807) is 0 Å². The summed E-state index contributed by atoms with van der Waals surface area (Å²) < 4.78 is 16.7. The van der Waals surface area contributed by atoms with Gasteiger partial charge in [0.05, 0.1) is 0 Å². The third kappa shape index (κ3) is 45.3. The molecule has 1 unspecified atom stereocenters. The highest BCUT2D eigenvalue weighted by molar-refractivity contribution is 5.71. The van der Waals surface area contributed by atoms with Crippen LogP contribution >= 0.6 is 0 Å². The maximum atomic E-state index is 12.7. The Morgan fingerprint density at radius 3 is 0.702 bits per heavy atom. The smallest absolute Gasteiger partial charge is 0.306 e. The molecular weight excluding hydrogens is 709 g/mol. The van der Waals surface area contributed by atoms with E-state index < -0.39 is 6.10 Å². The van der Waals surface area contributed by atoms with Crippen LogP contribution in [-0.4, -0.2) is 37.2 Å². The molecule has 0 aliphatic carbocycles. The molecule has 0 saturated heterocycles. The van der Waals surface area contributed by atoms with Crippen molar-refractivity contribution in [3.05, 3.63) is 0 Å². The van der Waals surface area contributed by atoms with Crippen LogP contribution in [0.5, 0.6) is 0 Å². The maximum Gasteiger partial charge on any atom is 0.306 e. The molecule has 0 fully saturated rings. The van der Waals surface area contributed by atoms with Gasteiger partial charge in [-0.05, 0) is 19.3 Å². The van der Waals surface area contributed by atoms with Gasteiger partial charge in [0.15, 0.2) is 6.10 Å². The van der Waals surface area contributed by atoms with E-state index in [0.29, 0.717) is 19.3 Å². The van der Waals surface area contributed by atoms with Gasteiger partial charge in [0.2, 0.25) is 0 Å². The number of rotatable bonds is 47. The molecule has 338 valence electrons. The second-order valence-electron chi connectivity index (χ2n) is 17.5. The molecule has 0 amide bonds. The molecule has 6 nitrogen and oxygen atoms in total. The molecule has 0 heterocycles. The lowest BCUT2D eigenvalue weighted by molar-refractivity contribution is -0.167. The lowest BCUT2D eigenvalue weighted by atomic mass is 10.0. The summed E-state index contributed by atoms with van der Waals surface area (Å²) >= 11 is 0. The molecule has 0 rings (SSSR count). The second-order valence-corrected chi connectivity index (χ2v) is 17.5. The third-order valence-electron chi connectivity index (χ3n) is 11.6. The average molecular weight is 807 g/mol. The molecule has 0 aromatic heterocycles. The van der Waals surface area contributed by atoms with Crippen LogP contribution in [0.2, 0.25) is 0 Å². The van der Waals surface area contributed by atoms with Gasteiger partial charge in [0.1, 0.15) is 13.2 Å². The molecule has 0 N–H and O–H groups in total. The van der Waals surface area contributed by atoms with Crippen LogP contribution in [0.4, 0.5) is 0 Å². The van der Waals surface area contributed by atoms with Crippen molar-refractivity contribution in [3.8, 4) is 0 Å². The first kappa shape index (κ1) is 55.4. The Hall–Kier alpha value is -1.59. The average Bonchev–Trinajstić information content (AvgIpc) is 3.21. The lowest BCUT2D eigenvalue weighted by Gasteiger charge is -2.18. The van der Waals surface area contributed by atoms with E-state index in [4.69, 9.17) is 14.2 Å². The molecule has 0 aromatic rings. The van der Waals surface area contributed by atoms with Gasteiger partial charge in [-0.2, -0.15) is 0 Å². The Kier molecular flexibility index (Phi) is 45.8.